The molecule has 0 fully saturated rings. The summed E-state index contributed by atoms with van der Waals surface area (Å²) in [6.45, 7) is 4.60. The van der Waals surface area contributed by atoms with Gasteiger partial charge in [-0.1, -0.05) is 32.0 Å². The zero-order valence-corrected chi connectivity index (χ0v) is 9.50. The first-order valence-corrected chi connectivity index (χ1v) is 5.18. The second-order valence-electron chi connectivity index (χ2n) is 3.77. The van der Waals surface area contributed by atoms with Crippen LogP contribution in [0.25, 0.3) is 0 Å². The van der Waals surface area contributed by atoms with E-state index in [4.69, 9.17) is 0 Å². The molecule has 0 aliphatic heterocycles. The average molecular weight is 206 g/mol. The predicted molar refractivity (Wildman–Crippen MR) is 63.1 cm³/mol. The summed E-state index contributed by atoms with van der Waals surface area (Å²) in [5.74, 6) is 0.451. The molecular formula is C12H18N2O. The molecular weight excluding hydrogens is 188 g/mol. The Bertz CT molecular complexity index is 334. The summed E-state index contributed by atoms with van der Waals surface area (Å²) in [4.78, 5) is 11.1. The predicted octanol–water partition coefficient (Wildman–Crippen LogP) is 1.97. The minimum Gasteiger partial charge on any atom is -0.376 e. The molecule has 3 heteroatoms. The molecule has 0 aromatic heterocycles. The summed E-state index contributed by atoms with van der Waals surface area (Å²) >= 11 is 0. The van der Waals surface area contributed by atoms with Gasteiger partial charge in [-0.25, -0.2) is 0 Å². The molecule has 0 saturated heterocycles. The van der Waals surface area contributed by atoms with Crippen molar-refractivity contribution in [3.05, 3.63) is 29.8 Å². The van der Waals surface area contributed by atoms with Crippen molar-refractivity contribution in [2.75, 3.05) is 18.9 Å². The summed E-state index contributed by atoms with van der Waals surface area (Å²) < 4.78 is 0. The van der Waals surface area contributed by atoms with Crippen LogP contribution in [0.2, 0.25) is 0 Å². The lowest BCUT2D eigenvalue weighted by Gasteiger charge is -2.13. The fourth-order valence-corrected chi connectivity index (χ4v) is 1.43. The highest BCUT2D eigenvalue weighted by Gasteiger charge is 2.05. The fraction of sp³-hybridized carbons (Fsp3) is 0.417. The Hall–Kier alpha value is -1.51. The maximum atomic E-state index is 11.1. The first-order valence-electron chi connectivity index (χ1n) is 5.18. The van der Waals surface area contributed by atoms with Crippen LogP contribution in [0.3, 0.4) is 0 Å². The molecule has 0 spiro atoms. The van der Waals surface area contributed by atoms with E-state index in [0.29, 0.717) is 12.5 Å². The largest absolute Gasteiger partial charge is 0.376 e. The van der Waals surface area contributed by atoms with Gasteiger partial charge in [0.05, 0.1) is 6.54 Å². The van der Waals surface area contributed by atoms with E-state index < -0.39 is 0 Å². The Balaban J connectivity index is 2.71. The first-order chi connectivity index (χ1) is 7.15. The molecule has 0 aliphatic rings. The maximum Gasteiger partial charge on any atom is 0.239 e. The third-order valence-corrected chi connectivity index (χ3v) is 2.30. The van der Waals surface area contributed by atoms with Crippen molar-refractivity contribution in [3.63, 3.8) is 0 Å². The van der Waals surface area contributed by atoms with Gasteiger partial charge in [-0.15, -0.1) is 0 Å². The topological polar surface area (TPSA) is 41.1 Å². The van der Waals surface area contributed by atoms with Crippen LogP contribution in [0, 0.1) is 0 Å². The van der Waals surface area contributed by atoms with Crippen molar-refractivity contribution in [3.8, 4) is 0 Å². The quantitative estimate of drug-likeness (QED) is 0.790. The number of anilines is 1. The molecule has 0 heterocycles. The van der Waals surface area contributed by atoms with E-state index >= 15 is 0 Å². The second-order valence-corrected chi connectivity index (χ2v) is 3.77. The van der Waals surface area contributed by atoms with Crippen LogP contribution >= 0.6 is 0 Å². The molecule has 1 rings (SSSR count). The van der Waals surface area contributed by atoms with Gasteiger partial charge in [-0.05, 0) is 17.5 Å². The van der Waals surface area contributed by atoms with Crippen molar-refractivity contribution in [1.29, 1.82) is 0 Å². The molecule has 0 unspecified atom stereocenters. The normalized spacial score (nSPS) is 10.1. The third-order valence-electron chi connectivity index (χ3n) is 2.30. The van der Waals surface area contributed by atoms with E-state index in [1.807, 2.05) is 18.2 Å². The van der Waals surface area contributed by atoms with E-state index in [2.05, 4.69) is 30.5 Å². The van der Waals surface area contributed by atoms with Crippen molar-refractivity contribution in [2.24, 2.45) is 0 Å². The van der Waals surface area contributed by atoms with Gasteiger partial charge in [0.25, 0.3) is 0 Å². The molecule has 0 saturated carbocycles. The number of nitrogens with one attached hydrogen (secondary N) is 2. The number of hydrogen-bond donors (Lipinski definition) is 2. The first kappa shape index (κ1) is 11.6. The second kappa shape index (κ2) is 5.39. The number of amides is 1. The van der Waals surface area contributed by atoms with Gasteiger partial charge in [0.1, 0.15) is 0 Å². The van der Waals surface area contributed by atoms with Crippen molar-refractivity contribution >= 4 is 11.6 Å². The summed E-state index contributed by atoms with van der Waals surface area (Å²) in [5.41, 5.74) is 2.28. The monoisotopic (exact) mass is 206 g/mol. The minimum atomic E-state index is -0.00596. The summed E-state index contributed by atoms with van der Waals surface area (Å²) in [7, 11) is 1.64. The van der Waals surface area contributed by atoms with Crippen LogP contribution in [-0.4, -0.2) is 19.5 Å². The molecule has 0 atom stereocenters. The molecule has 0 bridgehead atoms. The molecule has 2 N–H and O–H groups in total. The third kappa shape index (κ3) is 3.27. The lowest BCUT2D eigenvalue weighted by Crippen LogP contribution is -2.26. The van der Waals surface area contributed by atoms with Gasteiger partial charge in [0, 0.05) is 12.7 Å². The highest BCUT2D eigenvalue weighted by atomic mass is 16.1. The Kier molecular flexibility index (Phi) is 4.16. The zero-order chi connectivity index (χ0) is 11.3. The molecule has 82 valence electrons. The van der Waals surface area contributed by atoms with E-state index in [0.717, 1.165) is 5.69 Å². The highest BCUT2D eigenvalue weighted by molar-refractivity contribution is 5.80. The summed E-state index contributed by atoms with van der Waals surface area (Å²) in [6, 6.07) is 8.06. The van der Waals surface area contributed by atoms with Crippen molar-refractivity contribution < 1.29 is 4.79 Å². The number of carbonyl (C=O) groups is 1. The molecule has 0 radical (unpaired) electrons. The van der Waals surface area contributed by atoms with E-state index in [1.54, 1.807) is 7.05 Å². The summed E-state index contributed by atoms with van der Waals surface area (Å²) in [6.07, 6.45) is 0. The number of rotatable bonds is 4. The van der Waals surface area contributed by atoms with Crippen LogP contribution < -0.4 is 10.6 Å². The number of carbonyl (C=O) groups excluding carboxylic acids is 1. The zero-order valence-electron chi connectivity index (χ0n) is 9.50. The molecule has 1 amide bonds. The molecule has 1 aromatic carbocycles. The SMILES string of the molecule is CNC(=O)CNc1ccccc1C(C)C. The lowest BCUT2D eigenvalue weighted by atomic mass is 10.0. The smallest absolute Gasteiger partial charge is 0.239 e. The van der Waals surface area contributed by atoms with Crippen LogP contribution in [0.1, 0.15) is 25.3 Å². The molecule has 3 nitrogen and oxygen atoms in total. The van der Waals surface area contributed by atoms with E-state index in [-0.39, 0.29) is 5.91 Å². The van der Waals surface area contributed by atoms with Crippen LogP contribution in [-0.2, 0) is 4.79 Å². The molecule has 0 aliphatic carbocycles. The Labute approximate surface area is 90.9 Å². The Morgan fingerprint density at radius 3 is 2.60 bits per heavy atom. The minimum absolute atomic E-state index is 0.00596. The number of hydrogen-bond acceptors (Lipinski definition) is 2. The van der Waals surface area contributed by atoms with Gasteiger partial charge < -0.3 is 10.6 Å². The van der Waals surface area contributed by atoms with Gasteiger partial charge in [-0.3, -0.25) is 4.79 Å². The average Bonchev–Trinajstić information content (AvgIpc) is 2.26. The van der Waals surface area contributed by atoms with Crippen molar-refractivity contribution in [2.45, 2.75) is 19.8 Å². The summed E-state index contributed by atoms with van der Waals surface area (Å²) in [5, 5.41) is 5.72. The standard InChI is InChI=1S/C12H18N2O/c1-9(2)10-6-4-5-7-11(10)14-8-12(15)13-3/h4-7,9,14H,8H2,1-3H3,(H,13,15). The van der Waals surface area contributed by atoms with Crippen LogP contribution in [0.5, 0.6) is 0 Å². The van der Waals surface area contributed by atoms with E-state index in [1.165, 1.54) is 5.56 Å². The number of likely N-dealkylation sites (N-methyl/N-ethyl adjacent to an activating group) is 1. The molecule has 15 heavy (non-hydrogen) atoms. The Morgan fingerprint density at radius 1 is 1.33 bits per heavy atom. The van der Waals surface area contributed by atoms with E-state index in [9.17, 15) is 4.79 Å². The van der Waals surface area contributed by atoms with Crippen LogP contribution in [0.15, 0.2) is 24.3 Å². The maximum absolute atomic E-state index is 11.1. The van der Waals surface area contributed by atoms with Gasteiger partial charge in [-0.2, -0.15) is 0 Å². The molecule has 1 aromatic rings. The number of benzene rings is 1. The van der Waals surface area contributed by atoms with Gasteiger partial charge in [0.15, 0.2) is 0 Å². The Morgan fingerprint density at radius 2 is 2.00 bits per heavy atom. The van der Waals surface area contributed by atoms with Gasteiger partial charge in [0.2, 0.25) is 5.91 Å². The van der Waals surface area contributed by atoms with Gasteiger partial charge >= 0.3 is 0 Å². The lowest BCUT2D eigenvalue weighted by molar-refractivity contribution is -0.118. The van der Waals surface area contributed by atoms with Crippen LogP contribution in [0.4, 0.5) is 5.69 Å². The number of para-hydroxylation sites is 1. The highest BCUT2D eigenvalue weighted by Crippen LogP contribution is 2.23. The fourth-order valence-electron chi connectivity index (χ4n) is 1.43. The van der Waals surface area contributed by atoms with Crippen molar-refractivity contribution in [1.82, 2.24) is 5.32 Å².